The number of hydrogen-bond donors (Lipinski definition) is 0. The Labute approximate surface area is 373 Å². The van der Waals surface area contributed by atoms with Gasteiger partial charge in [0.1, 0.15) is 0 Å². The molecular weight excluding hydrogens is 761 g/mol. The molecule has 3 atom stereocenters. The Morgan fingerprint density at radius 3 is 1.48 bits per heavy atom. The molecule has 0 radical (unpaired) electrons. The Kier molecular flexibility index (Phi) is 9.08. The van der Waals surface area contributed by atoms with Gasteiger partial charge in [-0.1, -0.05) is 167 Å². The van der Waals surface area contributed by atoms with Crippen molar-refractivity contribution in [1.29, 1.82) is 0 Å². The molecule has 0 heterocycles. The number of fused-ring (bicyclic) bond motifs is 5. The van der Waals surface area contributed by atoms with E-state index in [1.165, 1.54) is 111 Å². The zero-order valence-corrected chi connectivity index (χ0v) is 36.5. The summed E-state index contributed by atoms with van der Waals surface area (Å²) in [6, 6.07) is 73.3. The minimum absolute atomic E-state index is 0.100. The van der Waals surface area contributed by atoms with Gasteiger partial charge in [-0.2, -0.15) is 0 Å². The van der Waals surface area contributed by atoms with Crippen LogP contribution in [0.25, 0.3) is 22.3 Å². The molecule has 2 heteroatoms. The number of rotatable bonds is 7. The van der Waals surface area contributed by atoms with E-state index in [0.29, 0.717) is 11.8 Å². The Hall–Kier alpha value is -6.64. The molecule has 4 aliphatic rings. The average molecular weight is 815 g/mol. The molecule has 8 aromatic rings. The van der Waals surface area contributed by atoms with Crippen molar-refractivity contribution in [2.45, 2.75) is 69.6 Å². The smallest absolute Gasteiger partial charge is 0.0505 e. The predicted molar refractivity (Wildman–Crippen MR) is 264 cm³/mol. The van der Waals surface area contributed by atoms with Crippen LogP contribution in [0.3, 0.4) is 0 Å². The van der Waals surface area contributed by atoms with Crippen LogP contribution < -0.4 is 9.80 Å². The summed E-state index contributed by atoms with van der Waals surface area (Å²) < 4.78 is 0. The van der Waals surface area contributed by atoms with Crippen LogP contribution in [0.1, 0.15) is 79.3 Å². The van der Waals surface area contributed by atoms with Gasteiger partial charge in [0.2, 0.25) is 0 Å². The summed E-state index contributed by atoms with van der Waals surface area (Å²) in [7, 11) is 0. The number of para-hydroxylation sites is 2. The van der Waals surface area contributed by atoms with Crippen LogP contribution in [0.15, 0.2) is 194 Å². The van der Waals surface area contributed by atoms with Gasteiger partial charge in [-0.05, 0) is 154 Å². The highest BCUT2D eigenvalue weighted by Crippen LogP contribution is 2.66. The van der Waals surface area contributed by atoms with E-state index in [2.05, 4.69) is 218 Å². The molecule has 0 N–H and O–H groups in total. The van der Waals surface area contributed by atoms with E-state index < -0.39 is 0 Å². The van der Waals surface area contributed by atoms with Crippen LogP contribution in [-0.4, -0.2) is 0 Å². The Morgan fingerprint density at radius 1 is 0.397 bits per heavy atom. The largest absolute Gasteiger partial charge is 0.310 e. The Bertz CT molecular complexity index is 2960. The lowest BCUT2D eigenvalue weighted by Crippen LogP contribution is -2.40. The molecule has 4 aliphatic carbocycles. The van der Waals surface area contributed by atoms with Crippen molar-refractivity contribution in [3.05, 3.63) is 228 Å². The molecule has 0 aromatic heterocycles. The topological polar surface area (TPSA) is 6.48 Å². The fraction of sp³-hybridized carbons (Fsp3) is 0.213. The maximum atomic E-state index is 2.63. The van der Waals surface area contributed by atoms with Crippen molar-refractivity contribution >= 4 is 34.1 Å². The second-order valence-electron chi connectivity index (χ2n) is 19.1. The van der Waals surface area contributed by atoms with Gasteiger partial charge in [-0.3, -0.25) is 0 Å². The standard InChI is InChI=1S/C61H54N2/c1-60(2)54-30-16-15-29-52(54)53-38-37-51(41-55(53)60)63(49-27-13-6-14-28-49)57-32-18-22-45-40-47-24-10-4-9-23-46-39-44-21-17-31-56(58(44)61(46,47)59(45)57)62(48-25-11-5-12-26-48)50-35-33-43(34-36-50)42-19-7-3-8-20-42/h3,5-8,11-22,25-38,41,46-47H,4,9-10,23-24,39-40H2,1-2H3. The molecule has 0 aliphatic heterocycles. The van der Waals surface area contributed by atoms with Crippen molar-refractivity contribution < 1.29 is 0 Å². The first-order valence-electron chi connectivity index (χ1n) is 23.4. The lowest BCUT2D eigenvalue weighted by molar-refractivity contribution is 0.205. The first kappa shape index (κ1) is 38.1. The highest BCUT2D eigenvalue weighted by Gasteiger charge is 2.59. The summed E-state index contributed by atoms with van der Waals surface area (Å²) in [5, 5.41) is 0. The van der Waals surface area contributed by atoms with E-state index in [9.17, 15) is 0 Å². The summed E-state index contributed by atoms with van der Waals surface area (Å²) in [4.78, 5) is 5.21. The fourth-order valence-electron chi connectivity index (χ4n) is 12.9. The Morgan fingerprint density at radius 2 is 0.873 bits per heavy atom. The first-order valence-corrected chi connectivity index (χ1v) is 23.4. The van der Waals surface area contributed by atoms with Crippen LogP contribution >= 0.6 is 0 Å². The average Bonchev–Trinajstić information content (AvgIpc) is 3.91. The molecule has 63 heavy (non-hydrogen) atoms. The summed E-state index contributed by atoms with van der Waals surface area (Å²) in [5.74, 6) is 1.01. The molecule has 0 amide bonds. The van der Waals surface area contributed by atoms with E-state index in [4.69, 9.17) is 0 Å². The third-order valence-electron chi connectivity index (χ3n) is 15.5. The molecule has 0 bridgehead atoms. The van der Waals surface area contributed by atoms with Crippen LogP contribution in [0.4, 0.5) is 34.1 Å². The molecule has 3 unspecified atom stereocenters. The van der Waals surface area contributed by atoms with Crippen LogP contribution in [0.2, 0.25) is 0 Å². The third-order valence-corrected chi connectivity index (χ3v) is 15.5. The van der Waals surface area contributed by atoms with Crippen molar-refractivity contribution in [2.75, 3.05) is 9.80 Å². The molecule has 1 fully saturated rings. The van der Waals surface area contributed by atoms with Gasteiger partial charge < -0.3 is 9.80 Å². The summed E-state index contributed by atoms with van der Waals surface area (Å²) in [6.07, 6.45) is 8.60. The molecule has 12 rings (SSSR count). The second kappa shape index (κ2) is 15.0. The normalized spacial score (nSPS) is 20.0. The quantitative estimate of drug-likeness (QED) is 0.158. The molecule has 308 valence electrons. The van der Waals surface area contributed by atoms with Crippen molar-refractivity contribution in [2.24, 2.45) is 11.8 Å². The molecular formula is C61H54N2. The van der Waals surface area contributed by atoms with Crippen LogP contribution in [-0.2, 0) is 23.7 Å². The first-order chi connectivity index (χ1) is 31.0. The number of hydrogen-bond acceptors (Lipinski definition) is 2. The van der Waals surface area contributed by atoms with E-state index in [1.54, 1.807) is 11.1 Å². The highest BCUT2D eigenvalue weighted by atomic mass is 15.2. The second-order valence-corrected chi connectivity index (χ2v) is 19.1. The maximum absolute atomic E-state index is 2.63. The lowest BCUT2D eigenvalue weighted by Gasteiger charge is -2.45. The number of nitrogens with zero attached hydrogens (tertiary/aromatic N) is 2. The third kappa shape index (κ3) is 5.91. The summed E-state index contributed by atoms with van der Waals surface area (Å²) in [5.41, 5.74) is 21.4. The van der Waals surface area contributed by atoms with Gasteiger partial charge in [0, 0.05) is 33.6 Å². The number of benzene rings is 8. The minimum Gasteiger partial charge on any atom is -0.310 e. The molecule has 2 nitrogen and oxygen atoms in total. The van der Waals surface area contributed by atoms with Gasteiger partial charge in [-0.25, -0.2) is 0 Å². The molecule has 0 saturated heterocycles. The Balaban J connectivity index is 1.09. The zero-order chi connectivity index (χ0) is 42.1. The zero-order valence-electron chi connectivity index (χ0n) is 36.5. The molecule has 1 saturated carbocycles. The van der Waals surface area contributed by atoms with Crippen LogP contribution in [0.5, 0.6) is 0 Å². The van der Waals surface area contributed by atoms with Gasteiger partial charge >= 0.3 is 0 Å². The van der Waals surface area contributed by atoms with Gasteiger partial charge in [0.05, 0.1) is 11.4 Å². The summed E-state index contributed by atoms with van der Waals surface area (Å²) in [6.45, 7) is 4.81. The van der Waals surface area contributed by atoms with Crippen LogP contribution in [0, 0.1) is 11.8 Å². The summed E-state index contributed by atoms with van der Waals surface area (Å²) >= 11 is 0. The van der Waals surface area contributed by atoms with Gasteiger partial charge in [0.15, 0.2) is 0 Å². The SMILES string of the molecule is CC1(C)c2ccccc2-c2ccc(N(c3ccccc3)c3cccc4c3C35c6c(cccc6N(c6ccccc6)c6ccc(-c7ccccc7)cc6)CC3CCCCCC5C4)cc21. The van der Waals surface area contributed by atoms with Gasteiger partial charge in [0.25, 0.3) is 0 Å². The van der Waals surface area contributed by atoms with Crippen molar-refractivity contribution in [1.82, 2.24) is 0 Å². The minimum atomic E-state index is -0.158. The van der Waals surface area contributed by atoms with E-state index in [1.807, 2.05) is 0 Å². The lowest BCUT2D eigenvalue weighted by atomic mass is 9.60. The monoisotopic (exact) mass is 814 g/mol. The van der Waals surface area contributed by atoms with E-state index in [0.717, 1.165) is 12.8 Å². The van der Waals surface area contributed by atoms with Crippen molar-refractivity contribution in [3.8, 4) is 22.3 Å². The highest BCUT2D eigenvalue weighted by molar-refractivity contribution is 5.89. The fourth-order valence-corrected chi connectivity index (χ4v) is 12.9. The number of anilines is 6. The van der Waals surface area contributed by atoms with Gasteiger partial charge in [-0.15, -0.1) is 0 Å². The van der Waals surface area contributed by atoms with E-state index >= 15 is 0 Å². The molecule has 8 aromatic carbocycles. The van der Waals surface area contributed by atoms with Crippen molar-refractivity contribution in [3.63, 3.8) is 0 Å². The molecule has 1 spiro atoms. The predicted octanol–water partition coefficient (Wildman–Crippen LogP) is 16.2. The maximum Gasteiger partial charge on any atom is 0.0505 e. The van der Waals surface area contributed by atoms with E-state index in [-0.39, 0.29) is 10.8 Å².